The number of thiophene rings is 1. The second kappa shape index (κ2) is 5.23. The van der Waals surface area contributed by atoms with E-state index < -0.39 is 0 Å². The van der Waals surface area contributed by atoms with E-state index in [1.807, 2.05) is 4.57 Å². The number of H-pyrrole nitrogens is 1. The molecular formula is C16H12N4OS. The van der Waals surface area contributed by atoms with Gasteiger partial charge in [0.25, 0.3) is 5.56 Å². The number of nitrogens with zero attached hydrogens (tertiary/aromatic N) is 3. The van der Waals surface area contributed by atoms with Crippen LogP contribution in [0.2, 0.25) is 0 Å². The van der Waals surface area contributed by atoms with Gasteiger partial charge in [0.05, 0.1) is 19.2 Å². The highest BCUT2D eigenvalue weighted by Gasteiger charge is 2.07. The van der Waals surface area contributed by atoms with Crippen molar-refractivity contribution in [2.24, 2.45) is 0 Å². The molecule has 0 aliphatic rings. The standard InChI is InChI=1S/C16H12N4OS/c21-16-14-15(17-9-18-16)20(10-19-14)7-11-1-3-12(4-2-11)13-5-6-22-8-13/h1-6,8-10H,7H2,(H,17,18,21). The first kappa shape index (κ1) is 13.0. The van der Waals surface area contributed by atoms with E-state index in [1.54, 1.807) is 17.7 Å². The fourth-order valence-electron chi connectivity index (χ4n) is 2.44. The summed E-state index contributed by atoms with van der Waals surface area (Å²) in [6.07, 6.45) is 3.06. The van der Waals surface area contributed by atoms with E-state index in [4.69, 9.17) is 0 Å². The zero-order chi connectivity index (χ0) is 14.9. The zero-order valence-electron chi connectivity index (χ0n) is 11.6. The molecule has 3 aromatic heterocycles. The van der Waals surface area contributed by atoms with E-state index in [0.717, 1.165) is 5.56 Å². The highest BCUT2D eigenvalue weighted by molar-refractivity contribution is 7.08. The number of aromatic nitrogens is 4. The van der Waals surface area contributed by atoms with Crippen LogP contribution in [0.5, 0.6) is 0 Å². The van der Waals surface area contributed by atoms with Gasteiger partial charge in [0, 0.05) is 0 Å². The Morgan fingerprint density at radius 1 is 1.09 bits per heavy atom. The summed E-state index contributed by atoms with van der Waals surface area (Å²) in [7, 11) is 0. The number of fused-ring (bicyclic) bond motifs is 1. The third-order valence-electron chi connectivity index (χ3n) is 3.57. The topological polar surface area (TPSA) is 63.6 Å². The molecule has 0 atom stereocenters. The molecule has 6 heteroatoms. The lowest BCUT2D eigenvalue weighted by atomic mass is 10.1. The van der Waals surface area contributed by atoms with Crippen LogP contribution in [-0.4, -0.2) is 19.5 Å². The highest BCUT2D eigenvalue weighted by atomic mass is 32.1. The van der Waals surface area contributed by atoms with Crippen LogP contribution in [0.25, 0.3) is 22.3 Å². The van der Waals surface area contributed by atoms with E-state index in [9.17, 15) is 4.79 Å². The van der Waals surface area contributed by atoms with Crippen LogP contribution >= 0.6 is 11.3 Å². The Balaban J connectivity index is 1.65. The summed E-state index contributed by atoms with van der Waals surface area (Å²) in [5.41, 5.74) is 4.34. The van der Waals surface area contributed by atoms with Gasteiger partial charge in [-0.05, 0) is 33.5 Å². The summed E-state index contributed by atoms with van der Waals surface area (Å²) < 4.78 is 1.88. The van der Waals surface area contributed by atoms with Gasteiger partial charge >= 0.3 is 0 Å². The Kier molecular flexibility index (Phi) is 3.08. The maximum atomic E-state index is 11.7. The molecule has 108 valence electrons. The maximum absolute atomic E-state index is 11.7. The van der Waals surface area contributed by atoms with Crippen LogP contribution in [0, 0.1) is 0 Å². The average Bonchev–Trinajstić information content (AvgIpc) is 3.19. The molecule has 0 fully saturated rings. The molecule has 22 heavy (non-hydrogen) atoms. The number of hydrogen-bond donors (Lipinski definition) is 1. The number of hydrogen-bond acceptors (Lipinski definition) is 4. The summed E-state index contributed by atoms with van der Waals surface area (Å²) in [4.78, 5) is 22.5. The van der Waals surface area contributed by atoms with Crippen molar-refractivity contribution in [3.63, 3.8) is 0 Å². The van der Waals surface area contributed by atoms with E-state index in [0.29, 0.717) is 17.7 Å². The molecule has 0 spiro atoms. The van der Waals surface area contributed by atoms with E-state index >= 15 is 0 Å². The van der Waals surface area contributed by atoms with Gasteiger partial charge in [-0.2, -0.15) is 11.3 Å². The second-order valence-electron chi connectivity index (χ2n) is 4.99. The number of imidazole rings is 1. The van der Waals surface area contributed by atoms with Gasteiger partial charge in [-0.3, -0.25) is 4.79 Å². The van der Waals surface area contributed by atoms with E-state index in [-0.39, 0.29) is 5.56 Å². The fourth-order valence-corrected chi connectivity index (χ4v) is 3.10. The Morgan fingerprint density at radius 3 is 2.73 bits per heavy atom. The third kappa shape index (κ3) is 2.23. The Bertz CT molecular complexity index is 967. The predicted octanol–water partition coefficient (Wildman–Crippen LogP) is 2.90. The molecule has 4 rings (SSSR count). The average molecular weight is 308 g/mol. The van der Waals surface area contributed by atoms with Crippen molar-refractivity contribution in [2.45, 2.75) is 6.54 Å². The van der Waals surface area contributed by atoms with Crippen molar-refractivity contribution in [2.75, 3.05) is 0 Å². The Morgan fingerprint density at radius 2 is 1.95 bits per heavy atom. The predicted molar refractivity (Wildman–Crippen MR) is 87.0 cm³/mol. The molecule has 3 heterocycles. The fraction of sp³-hybridized carbons (Fsp3) is 0.0625. The smallest absolute Gasteiger partial charge is 0.278 e. The third-order valence-corrected chi connectivity index (χ3v) is 4.25. The van der Waals surface area contributed by atoms with Gasteiger partial charge in [-0.1, -0.05) is 24.3 Å². The van der Waals surface area contributed by atoms with Crippen LogP contribution in [-0.2, 0) is 6.54 Å². The quantitative estimate of drug-likeness (QED) is 0.633. The summed E-state index contributed by atoms with van der Waals surface area (Å²) >= 11 is 1.69. The first-order chi connectivity index (χ1) is 10.8. The summed E-state index contributed by atoms with van der Waals surface area (Å²) in [5, 5.41) is 4.21. The van der Waals surface area contributed by atoms with Gasteiger partial charge < -0.3 is 9.55 Å². The normalized spacial score (nSPS) is 11.1. The molecule has 0 bridgehead atoms. The van der Waals surface area contributed by atoms with Crippen molar-refractivity contribution in [1.82, 2.24) is 19.5 Å². The van der Waals surface area contributed by atoms with Crippen molar-refractivity contribution >= 4 is 22.5 Å². The minimum absolute atomic E-state index is 0.212. The van der Waals surface area contributed by atoms with Gasteiger partial charge in [-0.15, -0.1) is 0 Å². The van der Waals surface area contributed by atoms with Crippen molar-refractivity contribution in [3.8, 4) is 11.1 Å². The lowest BCUT2D eigenvalue weighted by Gasteiger charge is -2.05. The summed E-state index contributed by atoms with van der Waals surface area (Å²) in [6, 6.07) is 10.5. The van der Waals surface area contributed by atoms with Gasteiger partial charge in [0.15, 0.2) is 11.2 Å². The van der Waals surface area contributed by atoms with E-state index in [2.05, 4.69) is 56.0 Å². The molecule has 1 N–H and O–H groups in total. The van der Waals surface area contributed by atoms with Gasteiger partial charge in [0.2, 0.25) is 0 Å². The van der Waals surface area contributed by atoms with E-state index in [1.165, 1.54) is 17.5 Å². The monoisotopic (exact) mass is 308 g/mol. The second-order valence-corrected chi connectivity index (χ2v) is 5.77. The van der Waals surface area contributed by atoms with Crippen LogP contribution in [0.4, 0.5) is 0 Å². The molecule has 0 aliphatic heterocycles. The summed E-state index contributed by atoms with van der Waals surface area (Å²) in [6.45, 7) is 0.636. The van der Waals surface area contributed by atoms with Crippen LogP contribution in [0.1, 0.15) is 5.56 Å². The number of benzene rings is 1. The summed E-state index contributed by atoms with van der Waals surface area (Å²) in [5.74, 6) is 0. The molecule has 0 aliphatic carbocycles. The Hall–Kier alpha value is -2.73. The number of rotatable bonds is 3. The molecule has 0 saturated carbocycles. The molecule has 1 aromatic carbocycles. The van der Waals surface area contributed by atoms with Crippen LogP contribution in [0.15, 0.2) is 58.5 Å². The van der Waals surface area contributed by atoms with Gasteiger partial charge in [-0.25, -0.2) is 9.97 Å². The van der Waals surface area contributed by atoms with Crippen LogP contribution < -0.4 is 5.56 Å². The first-order valence-electron chi connectivity index (χ1n) is 6.81. The number of nitrogens with one attached hydrogen (secondary N) is 1. The maximum Gasteiger partial charge on any atom is 0.278 e. The van der Waals surface area contributed by atoms with Crippen molar-refractivity contribution < 1.29 is 0 Å². The molecular weight excluding hydrogens is 296 g/mol. The molecule has 0 radical (unpaired) electrons. The lowest BCUT2D eigenvalue weighted by Crippen LogP contribution is -2.07. The van der Waals surface area contributed by atoms with Crippen molar-refractivity contribution in [1.29, 1.82) is 0 Å². The lowest BCUT2D eigenvalue weighted by molar-refractivity contribution is 0.813. The van der Waals surface area contributed by atoms with Crippen LogP contribution in [0.3, 0.4) is 0 Å². The van der Waals surface area contributed by atoms with Crippen molar-refractivity contribution in [3.05, 3.63) is 69.7 Å². The number of aromatic amines is 1. The van der Waals surface area contributed by atoms with Gasteiger partial charge in [0.1, 0.15) is 0 Å². The SMILES string of the molecule is O=c1[nH]cnc2c1ncn2Cc1ccc(-c2ccsc2)cc1. The Labute approximate surface area is 129 Å². The first-order valence-corrected chi connectivity index (χ1v) is 7.75. The molecule has 0 unspecified atom stereocenters. The highest BCUT2D eigenvalue weighted by Crippen LogP contribution is 2.22. The minimum Gasteiger partial charge on any atom is -0.311 e. The molecule has 0 amide bonds. The zero-order valence-corrected chi connectivity index (χ0v) is 12.4. The molecule has 0 saturated heterocycles. The molecule has 4 aromatic rings. The molecule has 5 nitrogen and oxygen atoms in total. The minimum atomic E-state index is -0.212. The largest absolute Gasteiger partial charge is 0.311 e.